The van der Waals surface area contributed by atoms with Gasteiger partial charge in [0, 0.05) is 14.5 Å². The van der Waals surface area contributed by atoms with Gasteiger partial charge in [-0.05, 0) is 18.2 Å². The molecule has 4 heteroatoms. The van der Waals surface area contributed by atoms with E-state index >= 15 is 0 Å². The molecule has 0 aromatic carbocycles. The highest BCUT2D eigenvalue weighted by Gasteiger charge is 2.13. The minimum Gasteiger partial charge on any atom is -0.466 e. The molecule has 0 saturated carbocycles. The normalized spacial score (nSPS) is 11.4. The maximum atomic E-state index is 11.0. The van der Waals surface area contributed by atoms with Gasteiger partial charge in [-0.25, -0.2) is 0 Å². The zero-order chi connectivity index (χ0) is 10.3. The average Bonchev–Trinajstić information content (AvgIpc) is 1.98. The standard InChI is InChI=1S/C9H20O2SSi/c1-13(2,3)8-6-11-9(10)5-4-7-12/h12H,4-8H2,1-3H3. The van der Waals surface area contributed by atoms with E-state index in [0.29, 0.717) is 13.0 Å². The molecule has 0 unspecified atom stereocenters. The van der Waals surface area contributed by atoms with Crippen LogP contribution < -0.4 is 0 Å². The van der Waals surface area contributed by atoms with Crippen LogP contribution in [0, 0.1) is 0 Å². The van der Waals surface area contributed by atoms with Crippen molar-refractivity contribution in [2.24, 2.45) is 0 Å². The summed E-state index contributed by atoms with van der Waals surface area (Å²) in [6.45, 7) is 7.42. The number of hydrogen-bond donors (Lipinski definition) is 1. The Morgan fingerprint density at radius 3 is 2.46 bits per heavy atom. The van der Waals surface area contributed by atoms with E-state index in [9.17, 15) is 4.79 Å². The van der Waals surface area contributed by atoms with Crippen LogP contribution in [0.15, 0.2) is 0 Å². The summed E-state index contributed by atoms with van der Waals surface area (Å²) >= 11 is 4.03. The third-order valence-corrected chi connectivity index (χ3v) is 3.67. The highest BCUT2D eigenvalue weighted by Crippen LogP contribution is 2.08. The molecule has 2 nitrogen and oxygen atoms in total. The van der Waals surface area contributed by atoms with E-state index in [2.05, 4.69) is 32.3 Å². The smallest absolute Gasteiger partial charge is 0.305 e. The second kappa shape index (κ2) is 6.48. The van der Waals surface area contributed by atoms with Crippen molar-refractivity contribution in [1.29, 1.82) is 0 Å². The largest absolute Gasteiger partial charge is 0.466 e. The summed E-state index contributed by atoms with van der Waals surface area (Å²) in [6, 6.07) is 1.06. The lowest BCUT2D eigenvalue weighted by Crippen LogP contribution is -2.22. The van der Waals surface area contributed by atoms with Gasteiger partial charge in [0.15, 0.2) is 0 Å². The fraction of sp³-hybridized carbons (Fsp3) is 0.889. The molecule has 0 heterocycles. The first-order valence-electron chi connectivity index (χ1n) is 4.72. The molecule has 0 radical (unpaired) electrons. The number of ether oxygens (including phenoxy) is 1. The van der Waals surface area contributed by atoms with E-state index in [0.717, 1.165) is 18.2 Å². The fourth-order valence-electron chi connectivity index (χ4n) is 0.767. The highest BCUT2D eigenvalue weighted by atomic mass is 32.1. The van der Waals surface area contributed by atoms with Crippen LogP contribution in [0.25, 0.3) is 0 Å². The first-order chi connectivity index (χ1) is 5.95. The molecule has 0 N–H and O–H groups in total. The number of esters is 1. The van der Waals surface area contributed by atoms with Crippen molar-refractivity contribution in [1.82, 2.24) is 0 Å². The highest BCUT2D eigenvalue weighted by molar-refractivity contribution is 7.80. The predicted octanol–water partition coefficient (Wildman–Crippen LogP) is 2.58. The average molecular weight is 220 g/mol. The van der Waals surface area contributed by atoms with E-state index in [1.54, 1.807) is 0 Å². The monoisotopic (exact) mass is 220 g/mol. The third-order valence-electron chi connectivity index (χ3n) is 1.65. The van der Waals surface area contributed by atoms with Crippen LogP contribution in [0.2, 0.25) is 25.7 Å². The first-order valence-corrected chi connectivity index (χ1v) is 9.06. The van der Waals surface area contributed by atoms with E-state index in [1.807, 2.05) is 0 Å². The Morgan fingerprint density at radius 1 is 1.38 bits per heavy atom. The summed E-state index contributed by atoms with van der Waals surface area (Å²) in [5.41, 5.74) is 0. The summed E-state index contributed by atoms with van der Waals surface area (Å²) < 4.78 is 5.08. The van der Waals surface area contributed by atoms with Crippen LogP contribution in [-0.4, -0.2) is 26.4 Å². The molecule has 0 aromatic heterocycles. The van der Waals surface area contributed by atoms with E-state index < -0.39 is 8.07 Å². The van der Waals surface area contributed by atoms with Gasteiger partial charge in [-0.2, -0.15) is 12.6 Å². The quantitative estimate of drug-likeness (QED) is 0.423. The number of hydrogen-bond acceptors (Lipinski definition) is 3. The Hall–Kier alpha value is 0.0369. The summed E-state index contributed by atoms with van der Waals surface area (Å²) in [5, 5.41) is 0. The lowest BCUT2D eigenvalue weighted by atomic mass is 10.3. The molecule has 0 fully saturated rings. The van der Waals surface area contributed by atoms with Crippen LogP contribution in [0.3, 0.4) is 0 Å². The van der Waals surface area contributed by atoms with Crippen molar-refractivity contribution in [3.8, 4) is 0 Å². The summed E-state index contributed by atoms with van der Waals surface area (Å²) in [6.07, 6.45) is 1.32. The van der Waals surface area contributed by atoms with Crippen molar-refractivity contribution in [2.45, 2.75) is 38.5 Å². The van der Waals surface area contributed by atoms with Gasteiger partial charge in [0.25, 0.3) is 0 Å². The van der Waals surface area contributed by atoms with Gasteiger partial charge < -0.3 is 4.74 Å². The molecule has 0 spiro atoms. The Bertz CT molecular complexity index is 154. The minimum atomic E-state index is -1.05. The molecule has 0 aliphatic carbocycles. The van der Waals surface area contributed by atoms with Gasteiger partial charge in [-0.15, -0.1) is 0 Å². The van der Waals surface area contributed by atoms with Crippen molar-refractivity contribution >= 4 is 26.7 Å². The fourth-order valence-corrected chi connectivity index (χ4v) is 1.64. The van der Waals surface area contributed by atoms with Crippen LogP contribution in [0.4, 0.5) is 0 Å². The molecule has 0 rings (SSSR count). The molecule has 0 aromatic rings. The van der Waals surface area contributed by atoms with Crippen LogP contribution >= 0.6 is 12.6 Å². The Balaban J connectivity index is 3.37. The van der Waals surface area contributed by atoms with Gasteiger partial charge in [-0.3, -0.25) is 4.79 Å². The van der Waals surface area contributed by atoms with Gasteiger partial charge in [0.1, 0.15) is 0 Å². The van der Waals surface area contributed by atoms with Gasteiger partial charge in [0.2, 0.25) is 0 Å². The Kier molecular flexibility index (Phi) is 6.50. The Morgan fingerprint density at radius 2 is 2.00 bits per heavy atom. The number of rotatable bonds is 6. The molecule has 0 bridgehead atoms. The molecule has 13 heavy (non-hydrogen) atoms. The van der Waals surface area contributed by atoms with Crippen molar-refractivity contribution in [3.63, 3.8) is 0 Å². The van der Waals surface area contributed by atoms with E-state index in [-0.39, 0.29) is 5.97 Å². The molecule has 0 amide bonds. The van der Waals surface area contributed by atoms with Crippen LogP contribution in [-0.2, 0) is 9.53 Å². The maximum absolute atomic E-state index is 11.0. The lowest BCUT2D eigenvalue weighted by molar-refractivity contribution is -0.143. The zero-order valence-corrected chi connectivity index (χ0v) is 10.7. The zero-order valence-electron chi connectivity index (χ0n) is 8.80. The number of carbonyl (C=O) groups is 1. The topological polar surface area (TPSA) is 26.3 Å². The van der Waals surface area contributed by atoms with Crippen LogP contribution in [0.1, 0.15) is 12.8 Å². The van der Waals surface area contributed by atoms with Gasteiger partial charge in [-0.1, -0.05) is 19.6 Å². The first kappa shape index (κ1) is 13.0. The lowest BCUT2D eigenvalue weighted by Gasteiger charge is -2.15. The predicted molar refractivity (Wildman–Crippen MR) is 62.2 cm³/mol. The molecule has 0 saturated heterocycles. The molecule has 78 valence electrons. The third kappa shape index (κ3) is 9.95. The van der Waals surface area contributed by atoms with Crippen molar-refractivity contribution < 1.29 is 9.53 Å². The summed E-state index contributed by atoms with van der Waals surface area (Å²) in [7, 11) is -1.05. The SMILES string of the molecule is C[Si](C)(C)CCOC(=O)CCCS. The molecular formula is C9H20O2SSi. The molecular weight excluding hydrogens is 200 g/mol. The second-order valence-corrected chi connectivity index (χ2v) is 10.4. The number of carbonyl (C=O) groups excluding carboxylic acids is 1. The molecule has 0 aliphatic heterocycles. The Labute approximate surface area is 87.5 Å². The maximum Gasteiger partial charge on any atom is 0.305 e. The van der Waals surface area contributed by atoms with Crippen molar-refractivity contribution in [3.05, 3.63) is 0 Å². The number of thiol groups is 1. The van der Waals surface area contributed by atoms with Crippen LogP contribution in [0.5, 0.6) is 0 Å². The molecule has 0 atom stereocenters. The summed E-state index contributed by atoms with van der Waals surface area (Å²) in [5.74, 6) is 0.677. The van der Waals surface area contributed by atoms with Gasteiger partial charge >= 0.3 is 5.97 Å². The van der Waals surface area contributed by atoms with Gasteiger partial charge in [0.05, 0.1) is 6.61 Å². The summed E-state index contributed by atoms with van der Waals surface area (Å²) in [4.78, 5) is 11.0. The minimum absolute atomic E-state index is 0.0766. The van der Waals surface area contributed by atoms with Crippen molar-refractivity contribution in [2.75, 3.05) is 12.4 Å². The van der Waals surface area contributed by atoms with E-state index in [4.69, 9.17) is 4.74 Å². The molecule has 0 aliphatic rings. The van der Waals surface area contributed by atoms with E-state index in [1.165, 1.54) is 0 Å². The second-order valence-electron chi connectivity index (χ2n) is 4.36.